The number of aryl methyl sites for hydroxylation is 1. The van der Waals surface area contributed by atoms with Gasteiger partial charge in [-0.1, -0.05) is 18.2 Å². The van der Waals surface area contributed by atoms with E-state index in [1.807, 2.05) is 37.3 Å². The van der Waals surface area contributed by atoms with E-state index in [2.05, 4.69) is 10.3 Å². The van der Waals surface area contributed by atoms with E-state index in [1.165, 1.54) is 25.6 Å². The minimum atomic E-state index is -0.465. The number of carbonyl (C=O) groups excluding carboxylic acids is 1. The van der Waals surface area contributed by atoms with Gasteiger partial charge in [-0.15, -0.1) is 11.3 Å². The Balaban J connectivity index is 1.93. The number of aromatic nitrogens is 1. The average molecular weight is 336 g/mol. The zero-order valence-corrected chi connectivity index (χ0v) is 14.2. The topological polar surface area (TPSA) is 69.7 Å². The Morgan fingerprint density at radius 3 is 2.61 bits per heavy atom. The Morgan fingerprint density at radius 2 is 1.96 bits per heavy atom. The lowest BCUT2D eigenvalue weighted by Gasteiger charge is -2.13. The van der Waals surface area contributed by atoms with Gasteiger partial charge < -0.3 is 19.5 Å². The van der Waals surface area contributed by atoms with Crippen molar-refractivity contribution < 1.29 is 19.0 Å². The number of hydrogen-bond acceptors (Lipinski definition) is 6. The molecule has 1 amide bonds. The number of para-hydroxylation sites is 1. The van der Waals surface area contributed by atoms with Crippen molar-refractivity contribution in [1.82, 2.24) is 10.3 Å². The Hall–Kier alpha value is -1.96. The fourth-order valence-corrected chi connectivity index (χ4v) is 2.80. The number of amides is 1. The number of carbonyl (C=O) groups is 1. The average Bonchev–Trinajstić information content (AvgIpc) is 2.95. The fourth-order valence-electron chi connectivity index (χ4n) is 1.91. The summed E-state index contributed by atoms with van der Waals surface area (Å²) in [7, 11) is 3.05. The first-order valence-electron chi connectivity index (χ1n) is 7.12. The molecule has 23 heavy (non-hydrogen) atoms. The minimum Gasteiger partial charge on any atom is -0.486 e. The fraction of sp³-hybridized carbons (Fsp3) is 0.375. The molecule has 1 aromatic carbocycles. The van der Waals surface area contributed by atoms with Gasteiger partial charge in [0.15, 0.2) is 6.29 Å². The van der Waals surface area contributed by atoms with Gasteiger partial charge >= 0.3 is 0 Å². The van der Waals surface area contributed by atoms with E-state index in [0.29, 0.717) is 17.2 Å². The van der Waals surface area contributed by atoms with Crippen molar-refractivity contribution in [2.24, 2.45) is 0 Å². The molecule has 124 valence electrons. The zero-order valence-electron chi connectivity index (χ0n) is 13.4. The molecule has 1 heterocycles. The molecule has 0 unspecified atom stereocenters. The van der Waals surface area contributed by atoms with Gasteiger partial charge in [0.1, 0.15) is 22.2 Å². The van der Waals surface area contributed by atoms with E-state index >= 15 is 0 Å². The minimum absolute atomic E-state index is 0.190. The first-order chi connectivity index (χ1) is 11.1. The van der Waals surface area contributed by atoms with Gasteiger partial charge in [-0.05, 0) is 19.1 Å². The van der Waals surface area contributed by atoms with Crippen molar-refractivity contribution in [2.45, 2.75) is 19.8 Å². The predicted octanol–water partition coefficient (Wildman–Crippen LogP) is 2.38. The molecule has 0 aliphatic rings. The molecule has 0 saturated carbocycles. The second-order valence-corrected chi connectivity index (χ2v) is 5.82. The van der Waals surface area contributed by atoms with Crippen LogP contribution in [0.1, 0.15) is 20.4 Å². The Morgan fingerprint density at radius 1 is 1.26 bits per heavy atom. The van der Waals surface area contributed by atoms with Crippen LogP contribution in [0.3, 0.4) is 0 Å². The highest BCUT2D eigenvalue weighted by Crippen LogP contribution is 2.20. The highest BCUT2D eigenvalue weighted by Gasteiger charge is 2.17. The van der Waals surface area contributed by atoms with E-state index in [9.17, 15) is 4.79 Å². The highest BCUT2D eigenvalue weighted by molar-refractivity contribution is 7.13. The summed E-state index contributed by atoms with van der Waals surface area (Å²) in [5.41, 5.74) is 0.686. The second kappa shape index (κ2) is 8.61. The van der Waals surface area contributed by atoms with Gasteiger partial charge in [0, 0.05) is 14.2 Å². The van der Waals surface area contributed by atoms with Crippen molar-refractivity contribution in [3.63, 3.8) is 0 Å². The number of ether oxygens (including phenoxy) is 3. The van der Waals surface area contributed by atoms with Gasteiger partial charge in [0.25, 0.3) is 5.91 Å². The number of benzene rings is 1. The van der Waals surface area contributed by atoms with Crippen molar-refractivity contribution >= 4 is 17.2 Å². The third-order valence-corrected chi connectivity index (χ3v) is 4.24. The molecule has 0 radical (unpaired) electrons. The van der Waals surface area contributed by atoms with E-state index < -0.39 is 6.29 Å². The first-order valence-corrected chi connectivity index (χ1v) is 7.93. The van der Waals surface area contributed by atoms with Crippen LogP contribution in [0, 0.1) is 6.92 Å². The lowest BCUT2D eigenvalue weighted by Crippen LogP contribution is -2.34. The molecule has 0 fully saturated rings. The molecule has 7 heteroatoms. The predicted molar refractivity (Wildman–Crippen MR) is 87.8 cm³/mol. The maximum absolute atomic E-state index is 12.2. The number of hydrogen-bond donors (Lipinski definition) is 1. The van der Waals surface area contributed by atoms with Crippen LogP contribution < -0.4 is 10.1 Å². The summed E-state index contributed by atoms with van der Waals surface area (Å²) in [6.07, 6.45) is -0.465. The van der Waals surface area contributed by atoms with Crippen LogP contribution in [-0.4, -0.2) is 37.9 Å². The van der Waals surface area contributed by atoms with Crippen molar-refractivity contribution in [3.8, 4) is 5.75 Å². The molecule has 0 aliphatic carbocycles. The van der Waals surface area contributed by atoms with Crippen molar-refractivity contribution in [1.29, 1.82) is 0 Å². The second-order valence-electron chi connectivity index (χ2n) is 4.73. The van der Waals surface area contributed by atoms with E-state index in [4.69, 9.17) is 14.2 Å². The van der Waals surface area contributed by atoms with Crippen LogP contribution in [0.25, 0.3) is 0 Å². The maximum Gasteiger partial charge on any atom is 0.263 e. The summed E-state index contributed by atoms with van der Waals surface area (Å²) in [5.74, 6) is 0.583. The highest BCUT2D eigenvalue weighted by atomic mass is 32.1. The van der Waals surface area contributed by atoms with Crippen LogP contribution in [-0.2, 0) is 16.1 Å². The number of thiazole rings is 1. The summed E-state index contributed by atoms with van der Waals surface area (Å²) in [4.78, 5) is 17.2. The molecule has 0 atom stereocenters. The summed E-state index contributed by atoms with van der Waals surface area (Å²) >= 11 is 1.32. The van der Waals surface area contributed by atoms with Crippen LogP contribution in [0.15, 0.2) is 30.3 Å². The zero-order chi connectivity index (χ0) is 16.7. The van der Waals surface area contributed by atoms with E-state index in [1.54, 1.807) is 0 Å². The largest absolute Gasteiger partial charge is 0.486 e. The Bertz CT molecular complexity index is 626. The van der Waals surface area contributed by atoms with Gasteiger partial charge in [-0.3, -0.25) is 4.79 Å². The van der Waals surface area contributed by atoms with Gasteiger partial charge in [0.05, 0.1) is 12.2 Å². The summed E-state index contributed by atoms with van der Waals surface area (Å²) in [5, 5.41) is 3.53. The standard InChI is InChI=1S/C16H20N2O4S/c1-11-15(16(19)17-9-14(20-2)21-3)23-13(18-11)10-22-12-7-5-4-6-8-12/h4-8,14H,9-10H2,1-3H3,(H,17,19). The quantitative estimate of drug-likeness (QED) is 0.750. The molecule has 2 rings (SSSR count). The first kappa shape index (κ1) is 17.4. The lowest BCUT2D eigenvalue weighted by atomic mass is 10.3. The molecular weight excluding hydrogens is 316 g/mol. The normalized spacial score (nSPS) is 10.8. The van der Waals surface area contributed by atoms with Crippen molar-refractivity contribution in [3.05, 3.63) is 45.9 Å². The third kappa shape index (κ3) is 5.02. The van der Waals surface area contributed by atoms with Crippen LogP contribution in [0.2, 0.25) is 0 Å². The molecule has 6 nitrogen and oxygen atoms in total. The van der Waals surface area contributed by atoms with Crippen LogP contribution >= 0.6 is 11.3 Å². The molecule has 0 spiro atoms. The number of nitrogens with one attached hydrogen (secondary N) is 1. The monoisotopic (exact) mass is 336 g/mol. The number of nitrogens with zero attached hydrogens (tertiary/aromatic N) is 1. The lowest BCUT2D eigenvalue weighted by molar-refractivity contribution is -0.0974. The maximum atomic E-state index is 12.2. The summed E-state index contributed by atoms with van der Waals surface area (Å²) in [6, 6.07) is 9.50. The number of methoxy groups -OCH3 is 2. The number of rotatable bonds is 8. The summed E-state index contributed by atoms with van der Waals surface area (Å²) in [6.45, 7) is 2.42. The molecule has 1 N–H and O–H groups in total. The van der Waals surface area contributed by atoms with Gasteiger partial charge in [-0.25, -0.2) is 4.98 Å². The SMILES string of the molecule is COC(CNC(=O)c1sc(COc2ccccc2)nc1C)OC. The molecule has 0 aliphatic heterocycles. The molecule has 1 aromatic heterocycles. The Labute approximate surface area is 139 Å². The van der Waals surface area contributed by atoms with Gasteiger partial charge in [-0.2, -0.15) is 0 Å². The van der Waals surface area contributed by atoms with Crippen molar-refractivity contribution in [2.75, 3.05) is 20.8 Å². The molecule has 0 saturated heterocycles. The van der Waals surface area contributed by atoms with E-state index in [-0.39, 0.29) is 12.5 Å². The van der Waals surface area contributed by atoms with Gasteiger partial charge in [0.2, 0.25) is 0 Å². The summed E-state index contributed by atoms with van der Waals surface area (Å²) < 4.78 is 15.7. The Kier molecular flexibility index (Phi) is 6.52. The smallest absolute Gasteiger partial charge is 0.263 e. The third-order valence-electron chi connectivity index (χ3n) is 3.11. The molecule has 2 aromatic rings. The van der Waals surface area contributed by atoms with E-state index in [0.717, 1.165) is 10.8 Å². The van der Waals surface area contributed by atoms with Crippen LogP contribution in [0.4, 0.5) is 0 Å². The molecule has 0 bridgehead atoms. The molecular formula is C16H20N2O4S. The van der Waals surface area contributed by atoms with Crippen LogP contribution in [0.5, 0.6) is 5.75 Å².